The molecule has 1 aliphatic heterocycles. The fraction of sp³-hybridized carbons (Fsp3) is 0.333. The van der Waals surface area contributed by atoms with Gasteiger partial charge in [0.25, 0.3) is 0 Å². The summed E-state index contributed by atoms with van der Waals surface area (Å²) in [5, 5.41) is 0. The lowest BCUT2D eigenvalue weighted by Gasteiger charge is -2.20. The minimum absolute atomic E-state index is 0.148. The molecule has 1 saturated heterocycles. The van der Waals surface area contributed by atoms with Gasteiger partial charge in [0.2, 0.25) is 0 Å². The van der Waals surface area contributed by atoms with Crippen LogP contribution in [0.25, 0.3) is 0 Å². The standard InChI is InChI=1S/C12H12O2/c1-2-5-11(6-3-1)13-9-4-7-12-8-10-14-12/h1-3,5-6,12H,8-10H2. The zero-order chi connectivity index (χ0) is 9.64. The summed E-state index contributed by atoms with van der Waals surface area (Å²) in [5.41, 5.74) is 0. The molecular weight excluding hydrogens is 176 g/mol. The Bertz CT molecular complexity index is 330. The van der Waals surface area contributed by atoms with Crippen molar-refractivity contribution in [3.8, 4) is 17.6 Å². The molecule has 2 rings (SSSR count). The van der Waals surface area contributed by atoms with Gasteiger partial charge in [-0.1, -0.05) is 30.0 Å². The number of para-hydroxylation sites is 1. The Morgan fingerprint density at radius 1 is 1.36 bits per heavy atom. The quantitative estimate of drug-likeness (QED) is 0.659. The highest BCUT2D eigenvalue weighted by atomic mass is 16.5. The van der Waals surface area contributed by atoms with E-state index in [-0.39, 0.29) is 6.10 Å². The number of rotatable bonds is 2. The van der Waals surface area contributed by atoms with Crippen LogP contribution >= 0.6 is 0 Å². The van der Waals surface area contributed by atoms with Gasteiger partial charge in [0, 0.05) is 6.42 Å². The third-order valence-electron chi connectivity index (χ3n) is 2.02. The molecular formula is C12H12O2. The zero-order valence-electron chi connectivity index (χ0n) is 7.90. The third kappa shape index (κ3) is 2.51. The summed E-state index contributed by atoms with van der Waals surface area (Å²) >= 11 is 0. The molecule has 0 radical (unpaired) electrons. The van der Waals surface area contributed by atoms with Gasteiger partial charge in [-0.25, -0.2) is 0 Å². The van der Waals surface area contributed by atoms with Gasteiger partial charge >= 0.3 is 0 Å². The molecule has 1 atom stereocenters. The highest BCUT2D eigenvalue weighted by Crippen LogP contribution is 2.09. The van der Waals surface area contributed by atoms with Crippen molar-refractivity contribution in [1.82, 2.24) is 0 Å². The Balaban J connectivity index is 1.74. The van der Waals surface area contributed by atoms with E-state index >= 15 is 0 Å². The van der Waals surface area contributed by atoms with Crippen molar-refractivity contribution in [1.29, 1.82) is 0 Å². The second kappa shape index (κ2) is 4.69. The van der Waals surface area contributed by atoms with E-state index in [1.165, 1.54) is 0 Å². The van der Waals surface area contributed by atoms with Gasteiger partial charge in [-0.15, -0.1) is 0 Å². The molecule has 0 bridgehead atoms. The molecule has 1 aromatic carbocycles. The second-order valence-electron chi connectivity index (χ2n) is 3.07. The van der Waals surface area contributed by atoms with Gasteiger partial charge in [-0.3, -0.25) is 0 Å². The van der Waals surface area contributed by atoms with Crippen LogP contribution < -0.4 is 4.74 Å². The van der Waals surface area contributed by atoms with Crippen LogP contribution in [-0.2, 0) is 4.74 Å². The lowest BCUT2D eigenvalue weighted by molar-refractivity contribution is -0.0123. The first kappa shape index (κ1) is 9.11. The number of benzene rings is 1. The molecule has 1 fully saturated rings. The summed E-state index contributed by atoms with van der Waals surface area (Å²) in [7, 11) is 0. The van der Waals surface area contributed by atoms with Gasteiger partial charge in [-0.05, 0) is 12.1 Å². The van der Waals surface area contributed by atoms with E-state index in [0.29, 0.717) is 6.61 Å². The number of hydrogen-bond acceptors (Lipinski definition) is 2. The molecule has 0 saturated carbocycles. The fourth-order valence-electron chi connectivity index (χ4n) is 1.14. The van der Waals surface area contributed by atoms with Crippen molar-refractivity contribution in [2.24, 2.45) is 0 Å². The highest BCUT2D eigenvalue weighted by molar-refractivity contribution is 5.21. The molecule has 1 heterocycles. The first-order chi connectivity index (χ1) is 6.95. The molecule has 72 valence electrons. The summed E-state index contributed by atoms with van der Waals surface area (Å²) in [4.78, 5) is 0. The molecule has 1 aromatic rings. The predicted molar refractivity (Wildman–Crippen MR) is 54.1 cm³/mol. The van der Waals surface area contributed by atoms with Crippen molar-refractivity contribution in [2.45, 2.75) is 12.5 Å². The minimum Gasteiger partial charge on any atom is -0.481 e. The van der Waals surface area contributed by atoms with Gasteiger partial charge in [0.05, 0.1) is 6.61 Å². The largest absolute Gasteiger partial charge is 0.481 e. The van der Waals surface area contributed by atoms with Crippen LogP contribution in [0.2, 0.25) is 0 Å². The highest BCUT2D eigenvalue weighted by Gasteiger charge is 2.13. The fourth-order valence-corrected chi connectivity index (χ4v) is 1.14. The lowest BCUT2D eigenvalue weighted by atomic mass is 10.2. The van der Waals surface area contributed by atoms with Crippen molar-refractivity contribution in [3.63, 3.8) is 0 Å². The van der Waals surface area contributed by atoms with Crippen molar-refractivity contribution in [2.75, 3.05) is 13.2 Å². The average molecular weight is 188 g/mol. The summed E-state index contributed by atoms with van der Waals surface area (Å²) < 4.78 is 10.5. The van der Waals surface area contributed by atoms with E-state index in [1.54, 1.807) is 0 Å². The SMILES string of the molecule is C(#CC1CCO1)COc1ccccc1. The Morgan fingerprint density at radius 2 is 2.14 bits per heavy atom. The third-order valence-corrected chi connectivity index (χ3v) is 2.02. The van der Waals surface area contributed by atoms with E-state index in [0.717, 1.165) is 18.8 Å². The molecule has 14 heavy (non-hydrogen) atoms. The normalized spacial score (nSPS) is 19.0. The van der Waals surface area contributed by atoms with E-state index in [1.807, 2.05) is 30.3 Å². The Labute approximate surface area is 83.8 Å². The van der Waals surface area contributed by atoms with E-state index in [4.69, 9.17) is 9.47 Å². The van der Waals surface area contributed by atoms with Crippen molar-refractivity contribution < 1.29 is 9.47 Å². The summed E-state index contributed by atoms with van der Waals surface area (Å²) in [5.74, 6) is 6.79. The predicted octanol–water partition coefficient (Wildman–Crippen LogP) is 1.86. The Hall–Kier alpha value is -1.46. The monoisotopic (exact) mass is 188 g/mol. The van der Waals surface area contributed by atoms with Crippen LogP contribution in [-0.4, -0.2) is 19.3 Å². The maximum absolute atomic E-state index is 5.40. The molecule has 2 nitrogen and oxygen atoms in total. The molecule has 0 N–H and O–H groups in total. The van der Waals surface area contributed by atoms with Crippen LogP contribution in [0.3, 0.4) is 0 Å². The molecule has 0 spiro atoms. The maximum atomic E-state index is 5.40. The topological polar surface area (TPSA) is 18.5 Å². The van der Waals surface area contributed by atoms with Crippen molar-refractivity contribution in [3.05, 3.63) is 30.3 Å². The summed E-state index contributed by atoms with van der Waals surface area (Å²) in [6.07, 6.45) is 1.20. The van der Waals surface area contributed by atoms with Gasteiger partial charge in [-0.2, -0.15) is 0 Å². The number of ether oxygens (including phenoxy) is 2. The first-order valence-corrected chi connectivity index (χ1v) is 4.73. The van der Waals surface area contributed by atoms with Gasteiger partial charge < -0.3 is 9.47 Å². The Kier molecular flexibility index (Phi) is 3.05. The minimum atomic E-state index is 0.148. The van der Waals surface area contributed by atoms with Crippen molar-refractivity contribution >= 4 is 0 Å². The van der Waals surface area contributed by atoms with Crippen LogP contribution in [0.15, 0.2) is 30.3 Å². The van der Waals surface area contributed by atoms with Crippen LogP contribution in [0.4, 0.5) is 0 Å². The molecule has 2 heteroatoms. The van der Waals surface area contributed by atoms with E-state index in [9.17, 15) is 0 Å². The maximum Gasteiger partial charge on any atom is 0.149 e. The molecule has 0 aliphatic carbocycles. The second-order valence-corrected chi connectivity index (χ2v) is 3.07. The van der Waals surface area contributed by atoms with Gasteiger partial charge in [0.15, 0.2) is 0 Å². The molecule has 1 aliphatic rings. The summed E-state index contributed by atoms with van der Waals surface area (Å²) in [6.45, 7) is 1.28. The number of hydrogen-bond donors (Lipinski definition) is 0. The summed E-state index contributed by atoms with van der Waals surface area (Å²) in [6, 6.07) is 9.68. The average Bonchev–Trinajstić information content (AvgIpc) is 2.16. The first-order valence-electron chi connectivity index (χ1n) is 4.73. The van der Waals surface area contributed by atoms with Gasteiger partial charge in [0.1, 0.15) is 18.5 Å². The van der Waals surface area contributed by atoms with E-state index < -0.39 is 0 Å². The van der Waals surface area contributed by atoms with Crippen LogP contribution in [0, 0.1) is 11.8 Å². The van der Waals surface area contributed by atoms with Crippen LogP contribution in [0.1, 0.15) is 6.42 Å². The molecule has 0 amide bonds. The Morgan fingerprint density at radius 3 is 2.79 bits per heavy atom. The van der Waals surface area contributed by atoms with Crippen LogP contribution in [0.5, 0.6) is 5.75 Å². The molecule has 0 aromatic heterocycles. The smallest absolute Gasteiger partial charge is 0.149 e. The zero-order valence-corrected chi connectivity index (χ0v) is 7.90. The van der Waals surface area contributed by atoms with E-state index in [2.05, 4.69) is 11.8 Å². The lowest BCUT2D eigenvalue weighted by Crippen LogP contribution is -2.24. The molecule has 1 unspecified atom stereocenters.